The Morgan fingerprint density at radius 1 is 1.08 bits per heavy atom. The van der Waals surface area contributed by atoms with Gasteiger partial charge in [0.25, 0.3) is 0 Å². The molecule has 2 fully saturated rings. The largest absolute Gasteiger partial charge is 0.378 e. The monoisotopic (exact) mass is 515 g/mol. The van der Waals surface area contributed by atoms with Crippen molar-refractivity contribution in [2.24, 2.45) is 17.0 Å². The Labute approximate surface area is 224 Å². The average molecular weight is 516 g/mol. The second-order valence-electron chi connectivity index (χ2n) is 11.0. The van der Waals surface area contributed by atoms with E-state index in [1.165, 1.54) is 24.8 Å². The lowest BCUT2D eigenvalue weighted by Gasteiger charge is -2.32. The zero-order valence-corrected chi connectivity index (χ0v) is 22.2. The molecule has 0 bridgehead atoms. The maximum Gasteiger partial charge on any atom is 0.316 e. The third-order valence-electron chi connectivity index (χ3n) is 8.33. The summed E-state index contributed by atoms with van der Waals surface area (Å²) in [5.41, 5.74) is 4.31. The van der Waals surface area contributed by atoms with E-state index < -0.39 is 5.91 Å². The van der Waals surface area contributed by atoms with Gasteiger partial charge >= 0.3 is 5.91 Å². The molecular formula is C31H37N3O4. The van der Waals surface area contributed by atoms with Crippen molar-refractivity contribution in [2.75, 3.05) is 26.3 Å². The molecule has 1 aliphatic carbocycles. The quantitative estimate of drug-likeness (QED) is 0.454. The van der Waals surface area contributed by atoms with Gasteiger partial charge in [-0.3, -0.25) is 9.59 Å². The van der Waals surface area contributed by atoms with Crippen molar-refractivity contribution in [1.29, 1.82) is 0 Å². The number of nitroso groups, excluding NO2 is 1. The van der Waals surface area contributed by atoms with Crippen LogP contribution in [0.2, 0.25) is 0 Å². The number of rotatable bonds is 3. The van der Waals surface area contributed by atoms with Gasteiger partial charge in [0.2, 0.25) is 5.91 Å². The summed E-state index contributed by atoms with van der Waals surface area (Å²) in [6, 6.07) is 5.45. The fourth-order valence-corrected chi connectivity index (χ4v) is 6.45. The van der Waals surface area contributed by atoms with Crippen molar-refractivity contribution in [2.45, 2.75) is 57.9 Å². The third kappa shape index (κ3) is 5.30. The maximum atomic E-state index is 13.9. The fraction of sp³-hybridized carbons (Fsp3) is 0.484. The van der Waals surface area contributed by atoms with Crippen LogP contribution in [0.3, 0.4) is 0 Å². The number of allylic oxidation sites excluding steroid dienone is 5. The Balaban J connectivity index is 1.70. The van der Waals surface area contributed by atoms with Gasteiger partial charge in [-0.2, -0.15) is 0 Å². The van der Waals surface area contributed by atoms with Crippen LogP contribution in [0.5, 0.6) is 0 Å². The second-order valence-corrected chi connectivity index (χ2v) is 11.0. The topological polar surface area (TPSA) is 81.0 Å². The van der Waals surface area contributed by atoms with Gasteiger partial charge in [0.05, 0.1) is 24.8 Å². The zero-order chi connectivity index (χ0) is 26.6. The van der Waals surface area contributed by atoms with Crippen LogP contribution in [-0.4, -0.2) is 47.6 Å². The van der Waals surface area contributed by atoms with Crippen molar-refractivity contribution >= 4 is 28.3 Å². The van der Waals surface area contributed by atoms with Gasteiger partial charge in [0.1, 0.15) is 0 Å². The number of nitrogens with zero attached hydrogens (tertiary/aromatic N) is 3. The van der Waals surface area contributed by atoms with Gasteiger partial charge in [-0.15, -0.1) is 4.91 Å². The minimum Gasteiger partial charge on any atom is -0.378 e. The van der Waals surface area contributed by atoms with Gasteiger partial charge < -0.3 is 14.2 Å². The molecule has 3 aliphatic rings. The van der Waals surface area contributed by atoms with Crippen molar-refractivity contribution in [3.8, 4) is 0 Å². The second kappa shape index (κ2) is 11.6. The third-order valence-corrected chi connectivity index (χ3v) is 8.33. The lowest BCUT2D eigenvalue weighted by atomic mass is 9.81. The smallest absolute Gasteiger partial charge is 0.316 e. The van der Waals surface area contributed by atoms with Crippen LogP contribution in [0, 0.1) is 16.7 Å². The Morgan fingerprint density at radius 2 is 1.84 bits per heavy atom. The number of ether oxygens (including phenoxy) is 1. The highest BCUT2D eigenvalue weighted by Crippen LogP contribution is 2.43. The number of fused-ring (bicyclic) bond motifs is 3. The van der Waals surface area contributed by atoms with E-state index in [0.717, 1.165) is 35.0 Å². The molecule has 0 radical (unpaired) electrons. The number of morpholine rings is 1. The van der Waals surface area contributed by atoms with Crippen LogP contribution in [-0.2, 0) is 16.1 Å². The molecule has 1 aromatic carbocycles. The van der Waals surface area contributed by atoms with Crippen LogP contribution >= 0.6 is 0 Å². The number of hydrogen-bond acceptors (Lipinski definition) is 4. The highest BCUT2D eigenvalue weighted by Gasteiger charge is 2.32. The first-order valence-corrected chi connectivity index (χ1v) is 13.9. The summed E-state index contributed by atoms with van der Waals surface area (Å²) in [6.45, 7) is 9.42. The molecule has 2 amide bonds. The van der Waals surface area contributed by atoms with Crippen LogP contribution < -0.4 is 0 Å². The highest BCUT2D eigenvalue weighted by atomic mass is 16.5. The van der Waals surface area contributed by atoms with E-state index >= 15 is 0 Å². The Hall–Kier alpha value is -3.32. The lowest BCUT2D eigenvalue weighted by Crippen LogP contribution is -2.45. The van der Waals surface area contributed by atoms with E-state index in [4.69, 9.17) is 4.74 Å². The van der Waals surface area contributed by atoms with Crippen LogP contribution in [0.1, 0.15) is 73.0 Å². The molecule has 2 aromatic rings. The van der Waals surface area contributed by atoms with E-state index in [1.807, 2.05) is 23.1 Å². The normalized spacial score (nSPS) is 24.9. The lowest BCUT2D eigenvalue weighted by molar-refractivity contribution is -0.140. The van der Waals surface area contributed by atoms with E-state index in [9.17, 15) is 14.5 Å². The summed E-state index contributed by atoms with van der Waals surface area (Å²) in [4.78, 5) is 39.2. The molecule has 2 atom stereocenters. The minimum atomic E-state index is -0.782. The van der Waals surface area contributed by atoms with Crippen molar-refractivity contribution < 1.29 is 14.3 Å². The molecular weight excluding hydrogens is 478 g/mol. The van der Waals surface area contributed by atoms with Crippen LogP contribution in [0.15, 0.2) is 54.3 Å². The van der Waals surface area contributed by atoms with Gasteiger partial charge in [-0.1, -0.05) is 63.1 Å². The Morgan fingerprint density at radius 3 is 2.58 bits per heavy atom. The zero-order valence-electron chi connectivity index (χ0n) is 22.2. The first-order valence-electron chi connectivity index (χ1n) is 13.9. The van der Waals surface area contributed by atoms with E-state index in [0.29, 0.717) is 45.2 Å². The first-order chi connectivity index (χ1) is 18.5. The van der Waals surface area contributed by atoms with E-state index in [1.54, 1.807) is 12.1 Å². The number of hydrogen-bond donors (Lipinski definition) is 0. The summed E-state index contributed by atoms with van der Waals surface area (Å²) in [5, 5.41) is 3.74. The van der Waals surface area contributed by atoms with Crippen molar-refractivity contribution in [1.82, 2.24) is 9.47 Å². The molecule has 2 unspecified atom stereocenters. The van der Waals surface area contributed by atoms with Gasteiger partial charge in [-0.25, -0.2) is 0 Å². The summed E-state index contributed by atoms with van der Waals surface area (Å²) in [5.74, 6) is -0.307. The van der Waals surface area contributed by atoms with Crippen LogP contribution in [0.4, 0.5) is 0 Å². The molecule has 7 heteroatoms. The first kappa shape index (κ1) is 26.3. The van der Waals surface area contributed by atoms with Crippen molar-refractivity contribution in [3.63, 3.8) is 0 Å². The molecule has 200 valence electrons. The van der Waals surface area contributed by atoms with Gasteiger partial charge in [0.15, 0.2) is 0 Å². The predicted molar refractivity (Wildman–Crippen MR) is 150 cm³/mol. The van der Waals surface area contributed by atoms with E-state index in [2.05, 4.69) is 35.4 Å². The molecule has 2 aliphatic heterocycles. The fourth-order valence-electron chi connectivity index (χ4n) is 6.45. The SMILES string of the molecule is C=C1/C=C\C=C/C(C)CC(C(=O)N2CCOCC2)Cn2c1c(C1CCCCC1)c1ccc(C(=O)N=O)cc12. The summed E-state index contributed by atoms with van der Waals surface area (Å²) in [6.07, 6.45) is 14.8. The average Bonchev–Trinajstić information content (AvgIpc) is 3.27. The Kier molecular flexibility index (Phi) is 8.03. The maximum absolute atomic E-state index is 13.9. The van der Waals surface area contributed by atoms with Gasteiger partial charge in [0, 0.05) is 41.3 Å². The standard InChI is InChI=1S/C31H37N3O4/c1-21-8-6-7-9-22(2)29-28(23-10-4-3-5-11-23)26-13-12-24(30(35)32-37)19-27(26)34(29)20-25(18-21)31(36)33-14-16-38-17-15-33/h6-9,12-13,19,21,23,25H,2-5,10-11,14-18,20H2,1H3/b8-6-,9-7-. The summed E-state index contributed by atoms with van der Waals surface area (Å²) >= 11 is 0. The number of carbonyl (C=O) groups excluding carboxylic acids is 2. The molecule has 0 spiro atoms. The summed E-state index contributed by atoms with van der Waals surface area (Å²) in [7, 11) is 0. The summed E-state index contributed by atoms with van der Waals surface area (Å²) < 4.78 is 7.71. The molecule has 1 aromatic heterocycles. The molecule has 5 rings (SSSR count). The van der Waals surface area contributed by atoms with Gasteiger partial charge in [-0.05, 0) is 54.4 Å². The molecule has 1 saturated heterocycles. The molecule has 0 N–H and O–H groups in total. The van der Waals surface area contributed by atoms with E-state index in [-0.39, 0.29) is 23.3 Å². The number of benzene rings is 1. The Bertz CT molecular complexity index is 1290. The molecule has 3 heterocycles. The minimum absolute atomic E-state index is 0.139. The highest BCUT2D eigenvalue weighted by molar-refractivity contribution is 6.01. The molecule has 1 saturated carbocycles. The number of carbonyl (C=O) groups is 2. The predicted octanol–water partition coefficient (Wildman–Crippen LogP) is 6.24. The molecule has 38 heavy (non-hydrogen) atoms. The number of amides is 2. The van der Waals surface area contributed by atoms with Crippen molar-refractivity contribution in [3.05, 3.63) is 70.8 Å². The van der Waals surface area contributed by atoms with Crippen LogP contribution in [0.25, 0.3) is 16.5 Å². The number of aromatic nitrogens is 1. The molecule has 7 nitrogen and oxygen atoms in total.